The van der Waals surface area contributed by atoms with E-state index in [1.807, 2.05) is 0 Å². The topological polar surface area (TPSA) is 74.6 Å². The van der Waals surface area contributed by atoms with Crippen LogP contribution in [0.15, 0.2) is 23.3 Å². The zero-order chi connectivity index (χ0) is 10.6. The Kier molecular flexibility index (Phi) is 3.91. The average molecular weight is 184 g/mol. The van der Waals surface area contributed by atoms with Crippen LogP contribution in [0.3, 0.4) is 0 Å². The second kappa shape index (κ2) is 4.45. The SMILES string of the molecule is C=C(C)CC(C(=O)O)=C(C)C(=O)O. The van der Waals surface area contributed by atoms with Gasteiger partial charge in [-0.1, -0.05) is 12.2 Å². The molecule has 0 amide bonds. The van der Waals surface area contributed by atoms with E-state index in [1.165, 1.54) is 6.92 Å². The van der Waals surface area contributed by atoms with Crippen LogP contribution in [0.4, 0.5) is 0 Å². The van der Waals surface area contributed by atoms with E-state index in [-0.39, 0.29) is 17.6 Å². The molecule has 0 saturated heterocycles. The highest BCUT2D eigenvalue weighted by molar-refractivity contribution is 5.98. The van der Waals surface area contributed by atoms with Crippen molar-refractivity contribution in [3.05, 3.63) is 23.3 Å². The van der Waals surface area contributed by atoms with Crippen molar-refractivity contribution in [2.24, 2.45) is 0 Å². The first-order chi connectivity index (χ1) is 5.86. The molecule has 4 heteroatoms. The Morgan fingerprint density at radius 3 is 1.85 bits per heavy atom. The van der Waals surface area contributed by atoms with Crippen molar-refractivity contribution in [2.75, 3.05) is 0 Å². The van der Waals surface area contributed by atoms with Crippen molar-refractivity contribution < 1.29 is 19.8 Å². The molecule has 0 aromatic rings. The number of aliphatic carboxylic acids is 2. The predicted molar refractivity (Wildman–Crippen MR) is 47.4 cm³/mol. The molecule has 0 saturated carbocycles. The molecule has 0 heterocycles. The number of rotatable bonds is 4. The largest absolute Gasteiger partial charge is 0.478 e. The molecule has 0 aliphatic heterocycles. The molecule has 0 aromatic carbocycles. The van der Waals surface area contributed by atoms with Crippen LogP contribution in [0.1, 0.15) is 20.3 Å². The highest BCUT2D eigenvalue weighted by Gasteiger charge is 2.15. The molecule has 0 aromatic heterocycles. The fourth-order valence-corrected chi connectivity index (χ4v) is 0.799. The quantitative estimate of drug-likeness (QED) is 0.512. The number of hydrogen-bond donors (Lipinski definition) is 2. The van der Waals surface area contributed by atoms with Gasteiger partial charge in [-0.25, -0.2) is 9.59 Å². The van der Waals surface area contributed by atoms with E-state index in [0.717, 1.165) is 0 Å². The van der Waals surface area contributed by atoms with Gasteiger partial charge in [0.25, 0.3) is 0 Å². The maximum atomic E-state index is 10.6. The summed E-state index contributed by atoms with van der Waals surface area (Å²) < 4.78 is 0. The standard InChI is InChI=1S/C9H12O4/c1-5(2)4-7(9(12)13)6(3)8(10)11/h1,4H2,2-3H3,(H,10,11)(H,12,13). The van der Waals surface area contributed by atoms with Crippen LogP contribution in [0.25, 0.3) is 0 Å². The van der Waals surface area contributed by atoms with Crippen molar-refractivity contribution >= 4 is 11.9 Å². The zero-order valence-corrected chi connectivity index (χ0v) is 7.63. The van der Waals surface area contributed by atoms with E-state index in [2.05, 4.69) is 6.58 Å². The minimum atomic E-state index is -1.21. The zero-order valence-electron chi connectivity index (χ0n) is 7.63. The lowest BCUT2D eigenvalue weighted by atomic mass is 10.0. The third-order valence-electron chi connectivity index (χ3n) is 1.51. The molecular weight excluding hydrogens is 172 g/mol. The Hall–Kier alpha value is -1.58. The van der Waals surface area contributed by atoms with Crippen LogP contribution in [-0.4, -0.2) is 22.2 Å². The van der Waals surface area contributed by atoms with Crippen LogP contribution >= 0.6 is 0 Å². The maximum Gasteiger partial charge on any atom is 0.332 e. The smallest absolute Gasteiger partial charge is 0.332 e. The molecule has 2 N–H and O–H groups in total. The summed E-state index contributed by atoms with van der Waals surface area (Å²) in [6, 6.07) is 0. The van der Waals surface area contributed by atoms with Gasteiger partial charge in [0.05, 0.1) is 5.57 Å². The summed E-state index contributed by atoms with van der Waals surface area (Å²) in [5.41, 5.74) is 0.369. The van der Waals surface area contributed by atoms with Crippen molar-refractivity contribution in [1.82, 2.24) is 0 Å². The Morgan fingerprint density at radius 1 is 1.15 bits per heavy atom. The fourth-order valence-electron chi connectivity index (χ4n) is 0.799. The van der Waals surface area contributed by atoms with E-state index in [0.29, 0.717) is 5.57 Å². The van der Waals surface area contributed by atoms with Crippen LogP contribution in [0.2, 0.25) is 0 Å². The Morgan fingerprint density at radius 2 is 1.62 bits per heavy atom. The Bertz CT molecular complexity index is 286. The Balaban J connectivity index is 5.00. The first-order valence-electron chi connectivity index (χ1n) is 3.67. The predicted octanol–water partition coefficient (Wildman–Crippen LogP) is 1.44. The van der Waals surface area contributed by atoms with Gasteiger partial charge in [-0.15, -0.1) is 0 Å². The van der Waals surface area contributed by atoms with E-state index >= 15 is 0 Å². The first kappa shape index (κ1) is 11.4. The van der Waals surface area contributed by atoms with Crippen LogP contribution in [0.5, 0.6) is 0 Å². The molecule has 0 aliphatic rings. The van der Waals surface area contributed by atoms with E-state index in [4.69, 9.17) is 10.2 Å². The maximum absolute atomic E-state index is 10.6. The van der Waals surface area contributed by atoms with E-state index in [9.17, 15) is 9.59 Å². The van der Waals surface area contributed by atoms with E-state index < -0.39 is 11.9 Å². The second-order valence-corrected chi connectivity index (χ2v) is 2.85. The summed E-state index contributed by atoms with van der Waals surface area (Å²) in [5, 5.41) is 17.2. The third-order valence-corrected chi connectivity index (χ3v) is 1.51. The van der Waals surface area contributed by atoms with Crippen molar-refractivity contribution in [3.63, 3.8) is 0 Å². The molecular formula is C9H12O4. The number of carboxylic acids is 2. The lowest BCUT2D eigenvalue weighted by Gasteiger charge is -2.03. The molecule has 0 atom stereocenters. The third kappa shape index (κ3) is 3.55. The normalized spacial score (nSPS) is 11.8. The van der Waals surface area contributed by atoms with Gasteiger partial charge in [0, 0.05) is 12.0 Å². The molecule has 0 rings (SSSR count). The van der Waals surface area contributed by atoms with Crippen molar-refractivity contribution in [3.8, 4) is 0 Å². The molecule has 72 valence electrons. The van der Waals surface area contributed by atoms with Crippen molar-refractivity contribution in [1.29, 1.82) is 0 Å². The second-order valence-electron chi connectivity index (χ2n) is 2.85. The van der Waals surface area contributed by atoms with Gasteiger partial charge in [-0.05, 0) is 13.8 Å². The summed E-state index contributed by atoms with van der Waals surface area (Å²) >= 11 is 0. The van der Waals surface area contributed by atoms with Crippen molar-refractivity contribution in [2.45, 2.75) is 20.3 Å². The van der Waals surface area contributed by atoms with E-state index in [1.54, 1.807) is 6.92 Å². The van der Waals surface area contributed by atoms with Gasteiger partial charge in [0.1, 0.15) is 0 Å². The van der Waals surface area contributed by atoms with Crippen LogP contribution in [0, 0.1) is 0 Å². The lowest BCUT2D eigenvalue weighted by Crippen LogP contribution is -2.09. The molecule has 0 radical (unpaired) electrons. The average Bonchev–Trinajstić information content (AvgIpc) is 1.97. The summed E-state index contributed by atoms with van der Waals surface area (Å²) in [5.74, 6) is -2.42. The van der Waals surface area contributed by atoms with Gasteiger partial charge in [0.2, 0.25) is 0 Å². The summed E-state index contributed by atoms with van der Waals surface area (Å²) in [6.07, 6.45) is 0.0907. The number of allylic oxidation sites excluding steroid dienone is 1. The highest BCUT2D eigenvalue weighted by atomic mass is 16.4. The molecule has 0 bridgehead atoms. The molecule has 4 nitrogen and oxygen atoms in total. The summed E-state index contributed by atoms with van der Waals surface area (Å²) in [6.45, 7) is 6.45. The number of carbonyl (C=O) groups is 2. The van der Waals surface area contributed by atoms with Crippen LogP contribution < -0.4 is 0 Å². The molecule has 0 fully saturated rings. The summed E-state index contributed by atoms with van der Waals surface area (Å²) in [4.78, 5) is 21.1. The van der Waals surface area contributed by atoms with Gasteiger partial charge < -0.3 is 10.2 Å². The van der Waals surface area contributed by atoms with Gasteiger partial charge >= 0.3 is 11.9 Å². The molecule has 13 heavy (non-hydrogen) atoms. The fraction of sp³-hybridized carbons (Fsp3) is 0.333. The first-order valence-corrected chi connectivity index (χ1v) is 3.67. The highest BCUT2D eigenvalue weighted by Crippen LogP contribution is 2.14. The summed E-state index contributed by atoms with van der Waals surface area (Å²) in [7, 11) is 0. The minimum absolute atomic E-state index is 0.0907. The monoisotopic (exact) mass is 184 g/mol. The van der Waals surface area contributed by atoms with Crippen LogP contribution in [-0.2, 0) is 9.59 Å². The van der Waals surface area contributed by atoms with Gasteiger partial charge in [0.15, 0.2) is 0 Å². The lowest BCUT2D eigenvalue weighted by molar-refractivity contribution is -0.136. The molecule has 0 aliphatic carbocycles. The molecule has 0 unspecified atom stereocenters. The van der Waals surface area contributed by atoms with Gasteiger partial charge in [-0.2, -0.15) is 0 Å². The number of carboxylic acid groups (broad SMARTS) is 2. The molecule has 0 spiro atoms. The minimum Gasteiger partial charge on any atom is -0.478 e. The number of hydrogen-bond acceptors (Lipinski definition) is 2. The Labute approximate surface area is 76.2 Å². The van der Waals surface area contributed by atoms with Gasteiger partial charge in [-0.3, -0.25) is 0 Å².